The molecule has 34 heavy (non-hydrogen) atoms. The van der Waals surface area contributed by atoms with Crippen LogP contribution in [0, 0.1) is 0 Å². The molecule has 1 aliphatic carbocycles. The van der Waals surface area contributed by atoms with Gasteiger partial charge in [0.15, 0.2) is 0 Å². The highest BCUT2D eigenvalue weighted by atomic mass is 16.2. The molecule has 0 aromatic carbocycles. The maximum absolute atomic E-state index is 12.2. The lowest BCUT2D eigenvalue weighted by Gasteiger charge is -2.13. The van der Waals surface area contributed by atoms with Gasteiger partial charge >= 0.3 is 0 Å². The van der Waals surface area contributed by atoms with Gasteiger partial charge < -0.3 is 10.6 Å². The molecule has 1 fully saturated rings. The summed E-state index contributed by atoms with van der Waals surface area (Å²) in [4.78, 5) is 24.3. The second-order valence-corrected chi connectivity index (χ2v) is 10.2. The molecule has 0 radical (unpaired) electrons. The average Bonchev–Trinajstić information content (AvgIpc) is 3.25. The molecule has 2 N–H and O–H groups in total. The number of nitrogens with one attached hydrogen (secondary N) is 2. The first-order valence-electron chi connectivity index (χ1n) is 14.6. The summed E-state index contributed by atoms with van der Waals surface area (Å²) in [6.45, 7) is 4.50. The van der Waals surface area contributed by atoms with Crippen molar-refractivity contribution >= 4 is 11.8 Å². The second-order valence-electron chi connectivity index (χ2n) is 10.2. The monoisotopic (exact) mass is 474 g/mol. The van der Waals surface area contributed by atoms with Crippen molar-refractivity contribution in [3.63, 3.8) is 0 Å². The van der Waals surface area contributed by atoms with Crippen molar-refractivity contribution in [2.75, 3.05) is 0 Å². The van der Waals surface area contributed by atoms with E-state index in [-0.39, 0.29) is 23.9 Å². The molecule has 1 rings (SSSR count). The zero-order chi connectivity index (χ0) is 24.7. The number of hydrogen-bond acceptors (Lipinski definition) is 2. The van der Waals surface area contributed by atoms with Crippen LogP contribution in [0.15, 0.2) is 24.3 Å². The van der Waals surface area contributed by atoms with Crippen LogP contribution in [-0.4, -0.2) is 23.9 Å². The summed E-state index contributed by atoms with van der Waals surface area (Å²) < 4.78 is 0. The smallest absolute Gasteiger partial charge is 0.243 e. The number of allylic oxidation sites excluding steroid dienone is 2. The van der Waals surface area contributed by atoms with Crippen molar-refractivity contribution in [2.24, 2.45) is 0 Å². The van der Waals surface area contributed by atoms with Gasteiger partial charge in [-0.1, -0.05) is 109 Å². The van der Waals surface area contributed by atoms with E-state index in [4.69, 9.17) is 0 Å². The molecule has 2 atom stereocenters. The molecule has 0 spiro atoms. The molecule has 1 aliphatic rings. The highest BCUT2D eigenvalue weighted by Crippen LogP contribution is 2.19. The summed E-state index contributed by atoms with van der Waals surface area (Å²) in [5.74, 6) is 0.0105. The molecule has 0 aliphatic heterocycles. The number of unbranched alkanes of at least 4 members (excludes halogenated alkanes) is 15. The van der Waals surface area contributed by atoms with Crippen molar-refractivity contribution in [3.8, 4) is 0 Å². The lowest BCUT2D eigenvalue weighted by atomic mass is 10.1. The first-order valence-corrected chi connectivity index (χ1v) is 14.6. The highest BCUT2D eigenvalue weighted by molar-refractivity contribution is 5.88. The largest absolute Gasteiger partial charge is 0.350 e. The van der Waals surface area contributed by atoms with Crippen molar-refractivity contribution in [3.05, 3.63) is 24.3 Å². The van der Waals surface area contributed by atoms with E-state index in [1.165, 1.54) is 96.3 Å². The quantitative estimate of drug-likeness (QED) is 0.131. The number of carbonyl (C=O) groups is 2. The predicted molar refractivity (Wildman–Crippen MR) is 146 cm³/mol. The van der Waals surface area contributed by atoms with Crippen molar-refractivity contribution in [1.29, 1.82) is 0 Å². The van der Waals surface area contributed by atoms with Gasteiger partial charge in [-0.2, -0.15) is 0 Å². The summed E-state index contributed by atoms with van der Waals surface area (Å²) in [6, 6.07) is 0.338. The zero-order valence-corrected chi connectivity index (χ0v) is 22.4. The Morgan fingerprint density at radius 1 is 0.588 bits per heavy atom. The minimum Gasteiger partial charge on any atom is -0.350 e. The van der Waals surface area contributed by atoms with E-state index < -0.39 is 0 Å². The normalized spacial score (nSPS) is 18.2. The second kappa shape index (κ2) is 21.9. The summed E-state index contributed by atoms with van der Waals surface area (Å²) >= 11 is 0. The van der Waals surface area contributed by atoms with Crippen LogP contribution in [0.1, 0.15) is 142 Å². The molecule has 4 heteroatoms. The number of hydrogen-bond donors (Lipinski definition) is 2. The summed E-state index contributed by atoms with van der Waals surface area (Å²) in [6.07, 6.45) is 31.6. The third-order valence-electron chi connectivity index (χ3n) is 6.86. The Balaban J connectivity index is 2.03. The van der Waals surface area contributed by atoms with E-state index in [1.807, 2.05) is 12.2 Å². The SMILES string of the molecule is CCCCCCCCCC=CC(=O)NC1CCC(NC(=O)C=CCCCCCCCCCC)C1. The van der Waals surface area contributed by atoms with Gasteiger partial charge in [0.1, 0.15) is 0 Å². The summed E-state index contributed by atoms with van der Waals surface area (Å²) in [5, 5.41) is 6.20. The third kappa shape index (κ3) is 17.8. The van der Waals surface area contributed by atoms with Crippen LogP contribution < -0.4 is 10.6 Å². The number of rotatable bonds is 21. The van der Waals surface area contributed by atoms with Crippen molar-refractivity contribution < 1.29 is 9.59 Å². The van der Waals surface area contributed by atoms with Gasteiger partial charge in [-0.15, -0.1) is 0 Å². The standard InChI is InChI=1S/C30H54N2O2/c1-3-5-7-9-11-13-15-17-19-21-23-30(34)32-28-25-24-27(26-28)31-29(33)22-20-18-16-14-12-10-8-6-4-2/h20-23,27-28H,3-19,24-26H2,1-2H3,(H,31,33)(H,32,34). The minimum absolute atomic E-state index is 0.00480. The van der Waals surface area contributed by atoms with E-state index in [9.17, 15) is 9.59 Å². The maximum Gasteiger partial charge on any atom is 0.243 e. The molecule has 0 aromatic heterocycles. The summed E-state index contributed by atoms with van der Waals surface area (Å²) in [5.41, 5.74) is 0. The third-order valence-corrected chi connectivity index (χ3v) is 6.86. The van der Waals surface area contributed by atoms with Crippen LogP contribution in [0.4, 0.5) is 0 Å². The Hall–Kier alpha value is -1.58. The highest BCUT2D eigenvalue weighted by Gasteiger charge is 2.26. The fourth-order valence-corrected chi connectivity index (χ4v) is 4.74. The molecule has 4 nitrogen and oxygen atoms in total. The molecule has 1 saturated carbocycles. The lowest BCUT2D eigenvalue weighted by molar-refractivity contribution is -0.117. The van der Waals surface area contributed by atoms with Gasteiger partial charge in [0.2, 0.25) is 11.8 Å². The van der Waals surface area contributed by atoms with Gasteiger partial charge in [0.05, 0.1) is 0 Å². The topological polar surface area (TPSA) is 58.2 Å². The molecule has 196 valence electrons. The van der Waals surface area contributed by atoms with E-state index in [0.717, 1.165) is 32.1 Å². The number of amides is 2. The molecule has 0 saturated heterocycles. The maximum atomic E-state index is 12.2. The van der Waals surface area contributed by atoms with Gasteiger partial charge in [-0.25, -0.2) is 0 Å². The first kappa shape index (κ1) is 30.5. The average molecular weight is 475 g/mol. The van der Waals surface area contributed by atoms with Crippen LogP contribution in [0.25, 0.3) is 0 Å². The Morgan fingerprint density at radius 3 is 1.32 bits per heavy atom. The Morgan fingerprint density at radius 2 is 0.941 bits per heavy atom. The molecule has 2 amide bonds. The lowest BCUT2D eigenvalue weighted by Crippen LogP contribution is -2.36. The summed E-state index contributed by atoms with van der Waals surface area (Å²) in [7, 11) is 0. The van der Waals surface area contributed by atoms with E-state index in [1.54, 1.807) is 12.2 Å². The van der Waals surface area contributed by atoms with Crippen LogP contribution >= 0.6 is 0 Å². The van der Waals surface area contributed by atoms with E-state index >= 15 is 0 Å². The van der Waals surface area contributed by atoms with Crippen molar-refractivity contribution in [2.45, 2.75) is 154 Å². The van der Waals surface area contributed by atoms with Gasteiger partial charge in [-0.05, 0) is 57.1 Å². The van der Waals surface area contributed by atoms with Gasteiger partial charge in [-0.3, -0.25) is 9.59 Å². The van der Waals surface area contributed by atoms with Crippen molar-refractivity contribution in [1.82, 2.24) is 10.6 Å². The predicted octanol–water partition coefficient (Wildman–Crippen LogP) is 7.92. The van der Waals surface area contributed by atoms with E-state index in [2.05, 4.69) is 24.5 Å². The molecule has 0 heterocycles. The van der Waals surface area contributed by atoms with Gasteiger partial charge in [0, 0.05) is 12.1 Å². The minimum atomic E-state index is 0.00480. The molecule has 2 unspecified atom stereocenters. The fraction of sp³-hybridized carbons (Fsp3) is 0.800. The van der Waals surface area contributed by atoms with Crippen LogP contribution in [0.5, 0.6) is 0 Å². The van der Waals surface area contributed by atoms with Crippen LogP contribution in [0.3, 0.4) is 0 Å². The number of carbonyl (C=O) groups excluding carboxylic acids is 2. The molecular formula is C30H54N2O2. The zero-order valence-electron chi connectivity index (χ0n) is 22.4. The van der Waals surface area contributed by atoms with Crippen LogP contribution in [-0.2, 0) is 9.59 Å². The van der Waals surface area contributed by atoms with E-state index in [0.29, 0.717) is 0 Å². The fourth-order valence-electron chi connectivity index (χ4n) is 4.74. The first-order chi connectivity index (χ1) is 16.7. The molecule has 0 aromatic rings. The molecule has 0 bridgehead atoms. The molecular weight excluding hydrogens is 420 g/mol. The Bertz CT molecular complexity index is 570. The van der Waals surface area contributed by atoms with Gasteiger partial charge in [0.25, 0.3) is 0 Å². The Kier molecular flexibility index (Phi) is 19.6. The Labute approximate surface area is 210 Å². The van der Waals surface area contributed by atoms with Crippen LogP contribution in [0.2, 0.25) is 0 Å².